The molecule has 0 aliphatic carbocycles. The first kappa shape index (κ1) is 8.62. The number of thiol groups is 1. The van der Waals surface area contributed by atoms with Gasteiger partial charge < -0.3 is 5.73 Å². The Morgan fingerprint density at radius 1 is 1.55 bits per heavy atom. The van der Waals surface area contributed by atoms with E-state index in [0.717, 1.165) is 9.37 Å². The number of amides is 1. The third kappa shape index (κ3) is 1.97. The molecule has 2 N–H and O–H groups in total. The predicted octanol–water partition coefficient (Wildman–Crippen LogP) is 1.84. The third-order valence-electron chi connectivity index (χ3n) is 1.23. The smallest absolute Gasteiger partial charge is 0.248 e. The summed E-state index contributed by atoms with van der Waals surface area (Å²) in [5.41, 5.74) is 5.53. The Morgan fingerprint density at radius 3 is 2.64 bits per heavy atom. The zero-order chi connectivity index (χ0) is 8.43. The highest BCUT2D eigenvalue weighted by Gasteiger charge is 2.01. The van der Waals surface area contributed by atoms with Crippen LogP contribution in [0.5, 0.6) is 0 Å². The van der Waals surface area contributed by atoms with Crippen molar-refractivity contribution in [3.8, 4) is 0 Å². The van der Waals surface area contributed by atoms with E-state index < -0.39 is 5.91 Å². The summed E-state index contributed by atoms with van der Waals surface area (Å²) in [5, 5.41) is 0. The van der Waals surface area contributed by atoms with Crippen molar-refractivity contribution in [1.29, 1.82) is 0 Å². The summed E-state index contributed by atoms with van der Waals surface area (Å²) in [4.78, 5) is 11.4. The molecule has 0 radical (unpaired) electrons. The van der Waals surface area contributed by atoms with Gasteiger partial charge in [-0.3, -0.25) is 4.79 Å². The number of hydrogen-bond acceptors (Lipinski definition) is 2. The Bertz CT molecular complexity index is 300. The van der Waals surface area contributed by atoms with Crippen LogP contribution in [0.1, 0.15) is 10.4 Å². The number of carbonyl (C=O) groups excluding carboxylic acids is 1. The molecule has 0 atom stereocenters. The molecule has 11 heavy (non-hydrogen) atoms. The molecule has 4 heteroatoms. The summed E-state index contributed by atoms with van der Waals surface area (Å²) in [6.45, 7) is 0. The standard InChI is InChI=1S/C7H6BrNOS/c8-5-3-4(7(9)10)1-2-6(5)11/h1-3,11H,(H2,9,10). The van der Waals surface area contributed by atoms with Crippen LogP contribution in [0, 0.1) is 0 Å². The maximum atomic E-state index is 10.6. The Morgan fingerprint density at radius 2 is 2.18 bits per heavy atom. The van der Waals surface area contributed by atoms with Crippen molar-refractivity contribution in [3.63, 3.8) is 0 Å². The van der Waals surface area contributed by atoms with Crippen LogP contribution in [-0.4, -0.2) is 5.91 Å². The monoisotopic (exact) mass is 231 g/mol. The highest BCUT2D eigenvalue weighted by molar-refractivity contribution is 9.10. The minimum Gasteiger partial charge on any atom is -0.366 e. The van der Waals surface area contributed by atoms with Gasteiger partial charge >= 0.3 is 0 Å². The van der Waals surface area contributed by atoms with Crippen molar-refractivity contribution in [2.45, 2.75) is 4.90 Å². The van der Waals surface area contributed by atoms with Crippen LogP contribution in [0.3, 0.4) is 0 Å². The van der Waals surface area contributed by atoms with E-state index >= 15 is 0 Å². The third-order valence-corrected chi connectivity index (χ3v) is 2.58. The highest BCUT2D eigenvalue weighted by Crippen LogP contribution is 2.21. The molecule has 0 fully saturated rings. The second kappa shape index (κ2) is 3.28. The summed E-state index contributed by atoms with van der Waals surface area (Å²) in [7, 11) is 0. The van der Waals surface area contributed by atoms with Gasteiger partial charge in [0.25, 0.3) is 0 Å². The second-order valence-electron chi connectivity index (χ2n) is 2.03. The molecule has 0 bridgehead atoms. The zero-order valence-electron chi connectivity index (χ0n) is 5.54. The summed E-state index contributed by atoms with van der Waals surface area (Å²) < 4.78 is 0.775. The van der Waals surface area contributed by atoms with Crippen molar-refractivity contribution >= 4 is 34.5 Å². The van der Waals surface area contributed by atoms with Gasteiger partial charge in [0.1, 0.15) is 0 Å². The maximum Gasteiger partial charge on any atom is 0.248 e. The Kier molecular flexibility index (Phi) is 2.57. The van der Waals surface area contributed by atoms with Crippen molar-refractivity contribution in [2.75, 3.05) is 0 Å². The van der Waals surface area contributed by atoms with Crippen LogP contribution in [0.25, 0.3) is 0 Å². The van der Waals surface area contributed by atoms with Gasteiger partial charge in [-0.2, -0.15) is 0 Å². The van der Waals surface area contributed by atoms with E-state index in [1.54, 1.807) is 18.2 Å². The van der Waals surface area contributed by atoms with E-state index in [0.29, 0.717) is 5.56 Å². The maximum absolute atomic E-state index is 10.6. The van der Waals surface area contributed by atoms with Crippen molar-refractivity contribution in [3.05, 3.63) is 28.2 Å². The van der Waals surface area contributed by atoms with E-state index in [1.807, 2.05) is 0 Å². The van der Waals surface area contributed by atoms with Gasteiger partial charge in [-0.05, 0) is 34.1 Å². The summed E-state index contributed by atoms with van der Waals surface area (Å²) in [5.74, 6) is -0.431. The quantitative estimate of drug-likeness (QED) is 0.713. The van der Waals surface area contributed by atoms with Crippen molar-refractivity contribution < 1.29 is 4.79 Å². The van der Waals surface area contributed by atoms with Crippen molar-refractivity contribution in [1.82, 2.24) is 0 Å². The fourth-order valence-electron chi connectivity index (χ4n) is 0.660. The lowest BCUT2D eigenvalue weighted by molar-refractivity contribution is 0.1000. The van der Waals surface area contributed by atoms with Crippen LogP contribution >= 0.6 is 28.6 Å². The Balaban J connectivity index is 3.15. The number of primary amides is 1. The molecule has 1 amide bonds. The average Bonchev–Trinajstić information content (AvgIpc) is 1.94. The van der Waals surface area contributed by atoms with Crippen LogP contribution in [0.2, 0.25) is 0 Å². The summed E-state index contributed by atoms with van der Waals surface area (Å²) >= 11 is 7.34. The van der Waals surface area contributed by atoms with E-state index in [1.165, 1.54) is 0 Å². The van der Waals surface area contributed by atoms with Gasteiger partial charge in [0.2, 0.25) is 5.91 Å². The molecule has 1 rings (SSSR count). The number of halogens is 1. The highest BCUT2D eigenvalue weighted by atomic mass is 79.9. The number of hydrogen-bond donors (Lipinski definition) is 2. The fourth-order valence-corrected chi connectivity index (χ4v) is 1.18. The van der Waals surface area contributed by atoms with Crippen LogP contribution in [0.4, 0.5) is 0 Å². The summed E-state index contributed by atoms with van der Waals surface area (Å²) in [6.07, 6.45) is 0. The van der Waals surface area contributed by atoms with E-state index in [9.17, 15) is 4.79 Å². The molecule has 0 spiro atoms. The molecule has 0 heterocycles. The Hall–Kier alpha value is -0.480. The molecule has 0 unspecified atom stereocenters. The van der Waals surface area contributed by atoms with Crippen LogP contribution in [0.15, 0.2) is 27.6 Å². The normalized spacial score (nSPS) is 9.64. The molecule has 2 nitrogen and oxygen atoms in total. The molecular formula is C7H6BrNOS. The minimum atomic E-state index is -0.431. The first-order chi connectivity index (χ1) is 5.11. The second-order valence-corrected chi connectivity index (χ2v) is 3.37. The van der Waals surface area contributed by atoms with Gasteiger partial charge in [0, 0.05) is 14.9 Å². The van der Waals surface area contributed by atoms with Crippen molar-refractivity contribution in [2.24, 2.45) is 5.73 Å². The fraction of sp³-hybridized carbons (Fsp3) is 0. The van der Waals surface area contributed by atoms with Gasteiger partial charge in [0.15, 0.2) is 0 Å². The molecule has 1 aromatic rings. The van der Waals surface area contributed by atoms with E-state index in [-0.39, 0.29) is 0 Å². The molecule has 0 aliphatic rings. The molecular weight excluding hydrogens is 226 g/mol. The van der Waals surface area contributed by atoms with Gasteiger partial charge in [-0.1, -0.05) is 0 Å². The summed E-state index contributed by atoms with van der Waals surface area (Å²) in [6, 6.07) is 4.99. The lowest BCUT2D eigenvalue weighted by atomic mass is 10.2. The minimum absolute atomic E-state index is 0.431. The largest absolute Gasteiger partial charge is 0.366 e. The van der Waals surface area contributed by atoms with Gasteiger partial charge in [-0.25, -0.2) is 0 Å². The van der Waals surface area contributed by atoms with Gasteiger partial charge in [-0.15, -0.1) is 12.6 Å². The number of carbonyl (C=O) groups is 1. The Labute approximate surface area is 78.3 Å². The molecule has 0 saturated carbocycles. The molecule has 1 aromatic carbocycles. The topological polar surface area (TPSA) is 43.1 Å². The first-order valence-electron chi connectivity index (χ1n) is 2.89. The zero-order valence-corrected chi connectivity index (χ0v) is 8.02. The number of benzene rings is 1. The number of rotatable bonds is 1. The molecule has 0 aromatic heterocycles. The molecule has 0 aliphatic heterocycles. The molecule has 58 valence electrons. The number of nitrogens with two attached hydrogens (primary N) is 1. The van der Waals surface area contributed by atoms with Crippen LogP contribution < -0.4 is 5.73 Å². The average molecular weight is 232 g/mol. The lowest BCUT2D eigenvalue weighted by Crippen LogP contribution is -2.10. The predicted molar refractivity (Wildman–Crippen MR) is 49.9 cm³/mol. The lowest BCUT2D eigenvalue weighted by Gasteiger charge is -1.98. The molecule has 0 saturated heterocycles. The SMILES string of the molecule is NC(=O)c1ccc(S)c(Br)c1. The van der Waals surface area contributed by atoms with E-state index in [2.05, 4.69) is 28.6 Å². The van der Waals surface area contributed by atoms with Crippen LogP contribution in [-0.2, 0) is 0 Å². The first-order valence-corrected chi connectivity index (χ1v) is 4.13. The van der Waals surface area contributed by atoms with E-state index in [4.69, 9.17) is 5.73 Å². The van der Waals surface area contributed by atoms with Gasteiger partial charge in [0.05, 0.1) is 0 Å².